The summed E-state index contributed by atoms with van der Waals surface area (Å²) in [7, 11) is 0. The Morgan fingerprint density at radius 2 is 1.90 bits per heavy atom. The van der Waals surface area contributed by atoms with Gasteiger partial charge in [-0.05, 0) is 49.9 Å². The predicted molar refractivity (Wildman–Crippen MR) is 88.0 cm³/mol. The highest BCUT2D eigenvalue weighted by Gasteiger charge is 1.96. The normalized spacial score (nSPS) is 10.3. The quantitative estimate of drug-likeness (QED) is 0.594. The third-order valence-electron chi connectivity index (χ3n) is 3.01. The Morgan fingerprint density at radius 3 is 2.65 bits per heavy atom. The molecule has 0 radical (unpaired) electrons. The molecule has 106 valence electrons. The van der Waals surface area contributed by atoms with Gasteiger partial charge in [-0.3, -0.25) is 0 Å². The minimum Gasteiger partial charge on any atom is -0.494 e. The largest absolute Gasteiger partial charge is 0.494 e. The third-order valence-corrected chi connectivity index (χ3v) is 3.74. The number of nitrogens with one attached hydrogen (secondary N) is 1. The molecule has 2 rings (SSSR count). The van der Waals surface area contributed by atoms with Crippen LogP contribution in [0, 0.1) is 6.92 Å². The fraction of sp³-hybridized carbons (Fsp3) is 0.294. The molecule has 0 amide bonds. The molecule has 2 aromatic rings. The number of anilines is 1. The SMILES string of the molecule is CSc1cccc(NCCCOc2ccc(C)cc2)c1. The van der Waals surface area contributed by atoms with Crippen LogP contribution in [0.25, 0.3) is 0 Å². The second-order valence-electron chi connectivity index (χ2n) is 4.67. The van der Waals surface area contributed by atoms with Crippen molar-refractivity contribution in [1.82, 2.24) is 0 Å². The second-order valence-corrected chi connectivity index (χ2v) is 5.55. The Balaban J connectivity index is 1.67. The molecule has 20 heavy (non-hydrogen) atoms. The number of benzene rings is 2. The van der Waals surface area contributed by atoms with E-state index in [4.69, 9.17) is 4.74 Å². The van der Waals surface area contributed by atoms with Crippen LogP contribution >= 0.6 is 11.8 Å². The van der Waals surface area contributed by atoms with Gasteiger partial charge in [-0.1, -0.05) is 23.8 Å². The predicted octanol–water partition coefficient (Wildman–Crippen LogP) is 4.60. The maximum Gasteiger partial charge on any atom is 0.119 e. The number of thioether (sulfide) groups is 1. The van der Waals surface area contributed by atoms with E-state index in [1.807, 2.05) is 12.1 Å². The number of ether oxygens (including phenoxy) is 1. The Hall–Kier alpha value is -1.61. The molecular weight excluding hydrogens is 266 g/mol. The molecule has 0 saturated heterocycles. The zero-order valence-electron chi connectivity index (χ0n) is 12.1. The van der Waals surface area contributed by atoms with Crippen molar-refractivity contribution in [3.63, 3.8) is 0 Å². The summed E-state index contributed by atoms with van der Waals surface area (Å²) in [4.78, 5) is 1.28. The topological polar surface area (TPSA) is 21.3 Å². The molecule has 3 heteroatoms. The van der Waals surface area contributed by atoms with Crippen molar-refractivity contribution in [3.05, 3.63) is 54.1 Å². The van der Waals surface area contributed by atoms with Gasteiger partial charge in [-0.25, -0.2) is 0 Å². The number of aryl methyl sites for hydroxylation is 1. The van der Waals surface area contributed by atoms with Crippen molar-refractivity contribution >= 4 is 17.4 Å². The molecule has 2 aromatic carbocycles. The fourth-order valence-corrected chi connectivity index (χ4v) is 2.32. The van der Waals surface area contributed by atoms with Crippen LogP contribution in [-0.4, -0.2) is 19.4 Å². The summed E-state index contributed by atoms with van der Waals surface area (Å²) >= 11 is 1.76. The van der Waals surface area contributed by atoms with Crippen LogP contribution in [-0.2, 0) is 0 Å². The van der Waals surface area contributed by atoms with Crippen LogP contribution in [0.1, 0.15) is 12.0 Å². The van der Waals surface area contributed by atoms with E-state index in [2.05, 4.69) is 54.9 Å². The smallest absolute Gasteiger partial charge is 0.119 e. The van der Waals surface area contributed by atoms with Gasteiger partial charge in [-0.2, -0.15) is 0 Å². The summed E-state index contributed by atoms with van der Waals surface area (Å²) in [6.45, 7) is 3.73. The molecule has 0 atom stereocenters. The van der Waals surface area contributed by atoms with E-state index < -0.39 is 0 Å². The molecule has 0 aliphatic carbocycles. The molecule has 1 N–H and O–H groups in total. The van der Waals surface area contributed by atoms with Crippen molar-refractivity contribution in [2.24, 2.45) is 0 Å². The summed E-state index contributed by atoms with van der Waals surface area (Å²) < 4.78 is 5.70. The van der Waals surface area contributed by atoms with Gasteiger partial charge in [0, 0.05) is 17.1 Å². The van der Waals surface area contributed by atoms with Gasteiger partial charge < -0.3 is 10.1 Å². The highest BCUT2D eigenvalue weighted by atomic mass is 32.2. The minimum absolute atomic E-state index is 0.734. The van der Waals surface area contributed by atoms with Gasteiger partial charge >= 0.3 is 0 Å². The molecule has 0 aliphatic heterocycles. The maximum atomic E-state index is 5.70. The standard InChI is InChI=1S/C17H21NOS/c1-14-7-9-16(10-8-14)19-12-4-11-18-15-5-3-6-17(13-15)20-2/h3,5-10,13,18H,4,11-12H2,1-2H3. The Morgan fingerprint density at radius 1 is 1.10 bits per heavy atom. The first-order valence-electron chi connectivity index (χ1n) is 6.85. The van der Waals surface area contributed by atoms with Gasteiger partial charge in [0.05, 0.1) is 6.61 Å². The summed E-state index contributed by atoms with van der Waals surface area (Å²) in [5, 5.41) is 3.42. The Bertz CT molecular complexity index is 525. The number of hydrogen-bond donors (Lipinski definition) is 1. The Kier molecular flexibility index (Phi) is 5.81. The first kappa shape index (κ1) is 14.8. The lowest BCUT2D eigenvalue weighted by Crippen LogP contribution is -2.07. The first-order chi connectivity index (χ1) is 9.78. The maximum absolute atomic E-state index is 5.70. The molecule has 0 aromatic heterocycles. The van der Waals surface area contributed by atoms with E-state index in [1.165, 1.54) is 16.1 Å². The molecule has 0 bridgehead atoms. The average Bonchev–Trinajstić information content (AvgIpc) is 2.49. The van der Waals surface area contributed by atoms with Crippen molar-refractivity contribution in [2.45, 2.75) is 18.2 Å². The molecular formula is C17H21NOS. The highest BCUT2D eigenvalue weighted by Crippen LogP contribution is 2.18. The summed E-state index contributed by atoms with van der Waals surface area (Å²) in [6.07, 6.45) is 3.08. The second kappa shape index (κ2) is 7.85. The fourth-order valence-electron chi connectivity index (χ4n) is 1.86. The van der Waals surface area contributed by atoms with E-state index in [9.17, 15) is 0 Å². The van der Waals surface area contributed by atoms with Crippen molar-refractivity contribution in [3.8, 4) is 5.75 Å². The van der Waals surface area contributed by atoms with Crippen molar-refractivity contribution in [1.29, 1.82) is 0 Å². The number of rotatable bonds is 7. The molecule has 0 heterocycles. The van der Waals surface area contributed by atoms with E-state index in [0.29, 0.717) is 0 Å². The van der Waals surface area contributed by atoms with Gasteiger partial charge in [0.25, 0.3) is 0 Å². The van der Waals surface area contributed by atoms with Gasteiger partial charge in [0.2, 0.25) is 0 Å². The van der Waals surface area contributed by atoms with E-state index >= 15 is 0 Å². The lowest BCUT2D eigenvalue weighted by Gasteiger charge is -2.09. The van der Waals surface area contributed by atoms with Crippen LogP contribution in [0.4, 0.5) is 5.69 Å². The molecule has 2 nitrogen and oxygen atoms in total. The molecule has 0 spiro atoms. The molecule has 0 fully saturated rings. The lowest BCUT2D eigenvalue weighted by atomic mass is 10.2. The van der Waals surface area contributed by atoms with Crippen LogP contribution in [0.15, 0.2) is 53.4 Å². The highest BCUT2D eigenvalue weighted by molar-refractivity contribution is 7.98. The van der Waals surface area contributed by atoms with Crippen LogP contribution in [0.5, 0.6) is 5.75 Å². The zero-order valence-corrected chi connectivity index (χ0v) is 12.9. The van der Waals surface area contributed by atoms with Crippen LogP contribution in [0.3, 0.4) is 0 Å². The zero-order chi connectivity index (χ0) is 14.2. The molecule has 0 aliphatic rings. The first-order valence-corrected chi connectivity index (χ1v) is 8.08. The monoisotopic (exact) mass is 287 g/mol. The summed E-state index contributed by atoms with van der Waals surface area (Å²) in [5.41, 5.74) is 2.43. The lowest BCUT2D eigenvalue weighted by molar-refractivity contribution is 0.315. The summed E-state index contributed by atoms with van der Waals surface area (Å²) in [5.74, 6) is 0.944. The van der Waals surface area contributed by atoms with Crippen molar-refractivity contribution < 1.29 is 4.74 Å². The van der Waals surface area contributed by atoms with E-state index in [1.54, 1.807) is 11.8 Å². The van der Waals surface area contributed by atoms with Gasteiger partial charge in [-0.15, -0.1) is 11.8 Å². The van der Waals surface area contributed by atoms with Crippen LogP contribution < -0.4 is 10.1 Å². The third kappa shape index (κ3) is 4.82. The van der Waals surface area contributed by atoms with Gasteiger partial charge in [0.15, 0.2) is 0 Å². The molecule has 0 unspecified atom stereocenters. The Labute approximate surface area is 125 Å². The van der Waals surface area contributed by atoms with Gasteiger partial charge in [0.1, 0.15) is 5.75 Å². The summed E-state index contributed by atoms with van der Waals surface area (Å²) in [6, 6.07) is 16.7. The molecule has 0 saturated carbocycles. The van der Waals surface area contributed by atoms with E-state index in [-0.39, 0.29) is 0 Å². The van der Waals surface area contributed by atoms with Crippen LogP contribution in [0.2, 0.25) is 0 Å². The van der Waals surface area contributed by atoms with E-state index in [0.717, 1.165) is 25.3 Å². The minimum atomic E-state index is 0.734. The average molecular weight is 287 g/mol. The number of hydrogen-bond acceptors (Lipinski definition) is 3. The van der Waals surface area contributed by atoms with Crippen molar-refractivity contribution in [2.75, 3.05) is 24.7 Å².